The SMILES string of the molecule is CCC(O)c1c(C)c2cc3[nH]c(cc4nc(cc5nc(cc1[nH]2)C(C)=C5CCC(=O)Nc1ccc(S(=O)(=O)Nc2nccs2)cc1)C(CCC(=O)Nc1ccc(S(=O)(=O)Nc2nccs2)cc1)=C4C)c(C)c3C(C)O. The molecule has 2 atom stereocenters. The second-order valence-electron chi connectivity index (χ2n) is 18.2. The Bertz CT molecular complexity index is 3810. The van der Waals surface area contributed by atoms with Crippen LogP contribution in [0.3, 0.4) is 0 Å². The number of carbonyl (C=O) groups is 2. The number of aromatic amines is 2. The number of H-pyrrole nitrogens is 2. The molecule has 8 N–H and O–H groups in total. The highest BCUT2D eigenvalue weighted by Crippen LogP contribution is 2.39. The maximum absolute atomic E-state index is 13.7. The van der Waals surface area contributed by atoms with Crippen LogP contribution in [0.15, 0.2) is 106 Å². The van der Waals surface area contributed by atoms with Gasteiger partial charge in [0.2, 0.25) is 11.8 Å². The fourth-order valence-electron chi connectivity index (χ4n) is 9.20. The number of fused-ring (bicyclic) bond motifs is 8. The number of nitrogens with one attached hydrogen (secondary N) is 6. The van der Waals surface area contributed by atoms with Crippen LogP contribution in [-0.4, -0.2) is 68.8 Å². The van der Waals surface area contributed by atoms with Gasteiger partial charge in [0, 0.05) is 80.6 Å². The van der Waals surface area contributed by atoms with Crippen LogP contribution < -0.4 is 20.1 Å². The van der Waals surface area contributed by atoms with Crippen molar-refractivity contribution in [1.29, 1.82) is 0 Å². The van der Waals surface area contributed by atoms with E-state index in [1.807, 2.05) is 58.9 Å². The van der Waals surface area contributed by atoms with Gasteiger partial charge in [-0.1, -0.05) is 6.92 Å². The Morgan fingerprint density at radius 1 is 0.600 bits per heavy atom. The summed E-state index contributed by atoms with van der Waals surface area (Å²) in [6.07, 6.45) is 2.39. The topological polar surface area (TPSA) is 274 Å². The number of rotatable bonds is 17. The molecule has 9 rings (SSSR count). The molecule has 18 nitrogen and oxygen atoms in total. The van der Waals surface area contributed by atoms with Gasteiger partial charge in [0.15, 0.2) is 10.3 Å². The van der Waals surface area contributed by atoms with Crippen LogP contribution in [0.25, 0.3) is 44.4 Å². The summed E-state index contributed by atoms with van der Waals surface area (Å²) in [5.41, 5.74) is 12.2. The van der Waals surface area contributed by atoms with E-state index < -0.39 is 32.3 Å². The molecule has 2 aliphatic rings. The van der Waals surface area contributed by atoms with E-state index >= 15 is 0 Å². The maximum Gasteiger partial charge on any atom is 0.263 e. The van der Waals surface area contributed by atoms with Gasteiger partial charge in [-0.2, -0.15) is 0 Å². The number of carbonyl (C=O) groups excluding carboxylic acids is 2. The number of amides is 2. The summed E-state index contributed by atoms with van der Waals surface area (Å²) >= 11 is 2.31. The molecule has 388 valence electrons. The van der Waals surface area contributed by atoms with Gasteiger partial charge in [0.1, 0.15) is 0 Å². The van der Waals surface area contributed by atoms with Gasteiger partial charge in [-0.3, -0.25) is 19.0 Å². The average Bonchev–Trinajstić information content (AvgIpc) is 4.25. The van der Waals surface area contributed by atoms with Gasteiger partial charge in [-0.05, 0) is 160 Å². The first-order chi connectivity index (χ1) is 35.8. The summed E-state index contributed by atoms with van der Waals surface area (Å²) in [5, 5.41) is 32.2. The number of nitrogens with zero attached hydrogens (tertiary/aromatic N) is 4. The molecule has 7 heterocycles. The number of aromatic nitrogens is 6. The van der Waals surface area contributed by atoms with Crippen molar-refractivity contribution in [1.82, 2.24) is 29.9 Å². The lowest BCUT2D eigenvalue weighted by atomic mass is 9.97. The molecule has 75 heavy (non-hydrogen) atoms. The number of aliphatic hydroxyl groups is 2. The number of aryl methyl sites for hydroxylation is 2. The standard InChI is InChI=1S/C53H54N10O8S4/c1-7-47(65)51-31(5)42-26-45-50(32(6)64)30(4)41(60-45)24-39-28(2)37(16-18-48(66)56-33-8-12-35(13-9-33)74(68,69)62-52-54-20-22-72-52)43(58-39)27-44-38(29(3)40(59-44)25-46(51)61-42)17-19-49(67)57-34-10-14-36(15-11-34)75(70,71)63-53-55-21-23-73-53/h8-15,20-27,32,47,60-61,64-65H,7,16-19H2,1-6H3,(H,54,62)(H,55,63)(H,56,66)(H,57,67). The average molecular weight is 1090 g/mol. The lowest BCUT2D eigenvalue weighted by Crippen LogP contribution is -2.14. The predicted molar refractivity (Wildman–Crippen MR) is 296 cm³/mol. The summed E-state index contributed by atoms with van der Waals surface area (Å²) < 4.78 is 56.7. The first-order valence-electron chi connectivity index (χ1n) is 23.9. The van der Waals surface area contributed by atoms with Crippen molar-refractivity contribution in [2.75, 3.05) is 20.1 Å². The van der Waals surface area contributed by atoms with Crippen molar-refractivity contribution in [3.63, 3.8) is 0 Å². The minimum absolute atomic E-state index is 0.00697. The number of hydrogen-bond donors (Lipinski definition) is 8. The van der Waals surface area contributed by atoms with Crippen molar-refractivity contribution in [2.45, 2.75) is 95.6 Å². The number of thiazole rings is 2. The van der Waals surface area contributed by atoms with Crippen LogP contribution in [0.4, 0.5) is 21.6 Å². The number of benzene rings is 2. The van der Waals surface area contributed by atoms with Crippen LogP contribution in [-0.2, 0) is 29.6 Å². The molecule has 2 aromatic carbocycles. The lowest BCUT2D eigenvalue weighted by molar-refractivity contribution is -0.116. The third-order valence-electron chi connectivity index (χ3n) is 13.2. The zero-order valence-electron chi connectivity index (χ0n) is 41.7. The summed E-state index contributed by atoms with van der Waals surface area (Å²) in [5.74, 6) is -0.633. The van der Waals surface area contributed by atoms with Crippen molar-refractivity contribution in [3.8, 4) is 0 Å². The molecule has 0 aliphatic carbocycles. The lowest BCUT2D eigenvalue weighted by Gasteiger charge is -2.10. The van der Waals surface area contributed by atoms with E-state index in [0.717, 1.165) is 67.1 Å². The Kier molecular flexibility index (Phi) is 15.0. The predicted octanol–water partition coefficient (Wildman–Crippen LogP) is 10.6. The van der Waals surface area contributed by atoms with Gasteiger partial charge < -0.3 is 30.8 Å². The van der Waals surface area contributed by atoms with Gasteiger partial charge in [0.05, 0.1) is 44.8 Å². The van der Waals surface area contributed by atoms with Crippen molar-refractivity contribution >= 4 is 121 Å². The minimum atomic E-state index is -3.90. The third-order valence-corrected chi connectivity index (χ3v) is 17.5. The molecular formula is C53H54N10O8S4. The Morgan fingerprint density at radius 2 is 1.03 bits per heavy atom. The summed E-state index contributed by atoms with van der Waals surface area (Å²) in [7, 11) is -7.80. The van der Waals surface area contributed by atoms with Gasteiger partial charge in [-0.25, -0.2) is 36.8 Å². The minimum Gasteiger partial charge on any atom is -0.389 e. The van der Waals surface area contributed by atoms with Crippen molar-refractivity contribution in [3.05, 3.63) is 141 Å². The molecule has 22 heteroatoms. The molecule has 7 aromatic rings. The van der Waals surface area contributed by atoms with Crippen LogP contribution in [0.5, 0.6) is 0 Å². The Labute approximate surface area is 441 Å². The third kappa shape index (κ3) is 11.4. The zero-order chi connectivity index (χ0) is 53.3. The van der Waals surface area contributed by atoms with E-state index in [9.17, 15) is 36.6 Å². The van der Waals surface area contributed by atoms with Gasteiger partial charge in [0.25, 0.3) is 20.0 Å². The number of aliphatic hydroxyl groups excluding tert-OH is 2. The highest BCUT2D eigenvalue weighted by atomic mass is 32.2. The van der Waals surface area contributed by atoms with E-state index in [-0.39, 0.29) is 57.6 Å². The Morgan fingerprint density at radius 3 is 1.45 bits per heavy atom. The molecule has 8 bridgehead atoms. The number of sulfonamides is 2. The Hall–Kier alpha value is -7.34. The highest BCUT2D eigenvalue weighted by molar-refractivity contribution is 7.93. The van der Waals surface area contributed by atoms with E-state index in [2.05, 4.69) is 40.0 Å². The molecule has 0 fully saturated rings. The van der Waals surface area contributed by atoms with E-state index in [4.69, 9.17) is 9.97 Å². The molecule has 0 radical (unpaired) electrons. The molecule has 0 saturated carbocycles. The van der Waals surface area contributed by atoms with Crippen LogP contribution in [0.1, 0.15) is 117 Å². The van der Waals surface area contributed by atoms with E-state index in [0.29, 0.717) is 62.7 Å². The monoisotopic (exact) mass is 1090 g/mol. The molecule has 5 aromatic heterocycles. The number of hydrogen-bond acceptors (Lipinski definition) is 14. The van der Waals surface area contributed by atoms with Gasteiger partial charge >= 0.3 is 0 Å². The molecule has 2 aliphatic heterocycles. The second kappa shape index (κ2) is 21.5. The Balaban J connectivity index is 1.07. The van der Waals surface area contributed by atoms with E-state index in [1.165, 1.54) is 60.9 Å². The quantitative estimate of drug-likeness (QED) is 0.0423. The summed E-state index contributed by atoms with van der Waals surface area (Å²) in [6.45, 7) is 11.4. The van der Waals surface area contributed by atoms with Crippen LogP contribution in [0, 0.1) is 13.8 Å². The van der Waals surface area contributed by atoms with Gasteiger partial charge in [-0.15, -0.1) is 22.7 Å². The fraction of sp³-hybridized carbons (Fsp3) is 0.245. The zero-order valence-corrected chi connectivity index (χ0v) is 45.0. The first-order valence-corrected chi connectivity index (χ1v) is 28.7. The summed E-state index contributed by atoms with van der Waals surface area (Å²) in [6, 6.07) is 19.3. The van der Waals surface area contributed by atoms with Crippen LogP contribution in [0.2, 0.25) is 0 Å². The van der Waals surface area contributed by atoms with Crippen molar-refractivity contribution < 1.29 is 36.6 Å². The fourth-order valence-corrected chi connectivity index (χ4v) is 12.8. The van der Waals surface area contributed by atoms with Crippen LogP contribution >= 0.6 is 22.7 Å². The summed E-state index contributed by atoms with van der Waals surface area (Å²) in [4.78, 5) is 52.7. The second-order valence-corrected chi connectivity index (χ2v) is 23.3. The maximum atomic E-state index is 13.7. The number of anilines is 4. The largest absolute Gasteiger partial charge is 0.389 e. The molecule has 0 saturated heterocycles. The smallest absolute Gasteiger partial charge is 0.263 e. The number of allylic oxidation sites excluding steroid dienone is 4. The highest BCUT2D eigenvalue weighted by Gasteiger charge is 2.25. The molecule has 2 amide bonds. The normalized spacial score (nSPS) is 13.7. The molecular weight excluding hydrogens is 1030 g/mol. The first kappa shape index (κ1) is 52.5. The molecule has 2 unspecified atom stereocenters. The van der Waals surface area contributed by atoms with Crippen molar-refractivity contribution in [2.24, 2.45) is 0 Å². The molecule has 0 spiro atoms. The van der Waals surface area contributed by atoms with E-state index in [1.54, 1.807) is 17.7 Å².